The summed E-state index contributed by atoms with van der Waals surface area (Å²) in [5.41, 5.74) is 0. The topological polar surface area (TPSA) is 0 Å². The molecule has 0 heterocycles. The van der Waals surface area contributed by atoms with Gasteiger partial charge >= 0.3 is 0 Å². The molecule has 1 heteroatoms. The van der Waals surface area contributed by atoms with Crippen molar-refractivity contribution in [2.45, 2.75) is 19.3 Å². The average molecular weight is 357 g/mol. The fraction of sp³-hybridized carbons (Fsp3) is 0.231. The van der Waals surface area contributed by atoms with Crippen molar-refractivity contribution in [3.63, 3.8) is 0 Å². The normalized spacial score (nSPS) is 18.9. The summed E-state index contributed by atoms with van der Waals surface area (Å²) in [5.74, 6) is 0. The van der Waals surface area contributed by atoms with Crippen molar-refractivity contribution >= 4 is 0 Å². The Morgan fingerprint density at radius 3 is 1.71 bits per heavy atom. The second-order valence-electron chi connectivity index (χ2n) is 2.82. The van der Waals surface area contributed by atoms with Crippen molar-refractivity contribution in [2.75, 3.05) is 0 Å². The second kappa shape index (κ2) is 10.4. The molecule has 0 aromatic carbocycles. The van der Waals surface area contributed by atoms with Crippen LogP contribution in [0.15, 0.2) is 54.7 Å². The molecule has 0 saturated heterocycles. The van der Waals surface area contributed by atoms with E-state index in [0.29, 0.717) is 0 Å². The molecular formula is C13H15Re-. The Labute approximate surface area is 100 Å². The van der Waals surface area contributed by atoms with Crippen molar-refractivity contribution in [3.05, 3.63) is 60.8 Å². The summed E-state index contributed by atoms with van der Waals surface area (Å²) < 4.78 is 0. The maximum atomic E-state index is 2.99. The predicted molar refractivity (Wildman–Crippen MR) is 58.2 cm³/mol. The maximum absolute atomic E-state index is 2.99. The second-order valence-corrected chi connectivity index (χ2v) is 2.82. The SMILES string of the molecule is C1=C/C=C\CCC=C1.[C-]1=CC=CC1.[Re]. The molecule has 0 saturated carbocycles. The van der Waals surface area contributed by atoms with E-state index in [-0.39, 0.29) is 20.4 Å². The van der Waals surface area contributed by atoms with Gasteiger partial charge in [-0.3, -0.25) is 6.08 Å². The molecule has 0 unspecified atom stereocenters. The predicted octanol–water partition coefficient (Wildman–Crippen LogP) is 3.75. The molecule has 0 nitrogen and oxygen atoms in total. The van der Waals surface area contributed by atoms with E-state index in [2.05, 4.69) is 48.6 Å². The van der Waals surface area contributed by atoms with E-state index in [1.807, 2.05) is 12.2 Å². The van der Waals surface area contributed by atoms with Crippen molar-refractivity contribution in [3.8, 4) is 0 Å². The smallest absolute Gasteiger partial charge is 0 e. The summed E-state index contributed by atoms with van der Waals surface area (Å²) in [6, 6.07) is 0. The molecule has 0 fully saturated rings. The van der Waals surface area contributed by atoms with E-state index in [0.717, 1.165) is 6.42 Å². The Morgan fingerprint density at radius 2 is 1.36 bits per heavy atom. The zero-order chi connectivity index (χ0) is 9.19. The first-order valence-electron chi connectivity index (χ1n) is 4.70. The first kappa shape index (κ1) is 13.4. The monoisotopic (exact) mass is 358 g/mol. The number of hydrogen-bond acceptors (Lipinski definition) is 0. The Kier molecular flexibility index (Phi) is 9.97. The van der Waals surface area contributed by atoms with E-state index < -0.39 is 0 Å². The van der Waals surface area contributed by atoms with Gasteiger partial charge in [-0.05, 0) is 12.8 Å². The summed E-state index contributed by atoms with van der Waals surface area (Å²) >= 11 is 0. The zero-order valence-corrected chi connectivity index (χ0v) is 10.9. The molecule has 0 bridgehead atoms. The number of hydrogen-bond donors (Lipinski definition) is 0. The Morgan fingerprint density at radius 1 is 0.714 bits per heavy atom. The quantitative estimate of drug-likeness (QED) is 0.579. The van der Waals surface area contributed by atoms with Gasteiger partial charge in [-0.2, -0.15) is 6.08 Å². The van der Waals surface area contributed by atoms with Crippen molar-refractivity contribution in [1.82, 2.24) is 0 Å². The summed E-state index contributed by atoms with van der Waals surface area (Å²) in [6.07, 6.45) is 25.0. The molecule has 2 aliphatic carbocycles. The van der Waals surface area contributed by atoms with Gasteiger partial charge in [0.25, 0.3) is 0 Å². The molecule has 2 aliphatic rings. The Balaban J connectivity index is 0.000000246. The van der Waals surface area contributed by atoms with Crippen molar-refractivity contribution in [1.29, 1.82) is 0 Å². The van der Waals surface area contributed by atoms with Gasteiger partial charge in [0, 0.05) is 20.4 Å². The fourth-order valence-electron chi connectivity index (χ4n) is 1.01. The van der Waals surface area contributed by atoms with Crippen LogP contribution in [-0.2, 0) is 20.4 Å². The minimum atomic E-state index is 0. The van der Waals surface area contributed by atoms with Crippen LogP contribution < -0.4 is 0 Å². The van der Waals surface area contributed by atoms with Gasteiger partial charge in [0.1, 0.15) is 0 Å². The van der Waals surface area contributed by atoms with Crippen LogP contribution in [0, 0.1) is 6.08 Å². The van der Waals surface area contributed by atoms with Gasteiger partial charge in [-0.15, -0.1) is 6.42 Å². The molecule has 0 atom stereocenters. The molecule has 0 amide bonds. The average Bonchev–Trinajstić information content (AvgIpc) is 2.58. The van der Waals surface area contributed by atoms with Crippen LogP contribution in [0.2, 0.25) is 0 Å². The van der Waals surface area contributed by atoms with Crippen LogP contribution in [0.3, 0.4) is 0 Å². The van der Waals surface area contributed by atoms with E-state index in [4.69, 9.17) is 0 Å². The van der Waals surface area contributed by atoms with Crippen LogP contribution in [0.4, 0.5) is 0 Å². The van der Waals surface area contributed by atoms with Crippen LogP contribution in [0.5, 0.6) is 0 Å². The van der Waals surface area contributed by atoms with E-state index in [1.54, 1.807) is 0 Å². The van der Waals surface area contributed by atoms with E-state index in [1.165, 1.54) is 12.8 Å². The molecule has 2 rings (SSSR count). The molecule has 0 spiro atoms. The summed E-state index contributed by atoms with van der Waals surface area (Å²) in [4.78, 5) is 0. The van der Waals surface area contributed by atoms with Gasteiger partial charge in [0.2, 0.25) is 0 Å². The minimum absolute atomic E-state index is 0. The molecule has 0 N–H and O–H groups in total. The third-order valence-electron chi connectivity index (χ3n) is 1.69. The van der Waals surface area contributed by atoms with E-state index >= 15 is 0 Å². The van der Waals surface area contributed by atoms with Gasteiger partial charge in [-0.1, -0.05) is 36.5 Å². The first-order valence-corrected chi connectivity index (χ1v) is 4.70. The van der Waals surface area contributed by atoms with Crippen LogP contribution in [0.1, 0.15) is 19.3 Å². The molecule has 14 heavy (non-hydrogen) atoms. The van der Waals surface area contributed by atoms with Gasteiger partial charge in [-0.25, -0.2) is 12.2 Å². The molecule has 0 aliphatic heterocycles. The zero-order valence-electron chi connectivity index (χ0n) is 8.20. The van der Waals surface area contributed by atoms with Gasteiger partial charge in [0.05, 0.1) is 0 Å². The van der Waals surface area contributed by atoms with Crippen molar-refractivity contribution < 1.29 is 20.4 Å². The molecule has 1 radical (unpaired) electrons. The number of allylic oxidation sites excluding steroid dienone is 10. The third kappa shape index (κ3) is 7.98. The fourth-order valence-corrected chi connectivity index (χ4v) is 1.01. The standard InChI is InChI=1S/C8H10.C5H5.Re/c1-2-4-6-8-7-5-3-1;1-2-4-5-3-1;/h1-6H,7-8H2;1-3H,4H2;/q;-1;/b2-1?,5-3-,6-4?;;. The number of rotatable bonds is 0. The third-order valence-corrected chi connectivity index (χ3v) is 1.69. The van der Waals surface area contributed by atoms with E-state index in [9.17, 15) is 0 Å². The summed E-state index contributed by atoms with van der Waals surface area (Å²) in [6.45, 7) is 0. The summed E-state index contributed by atoms with van der Waals surface area (Å²) in [7, 11) is 0. The van der Waals surface area contributed by atoms with Crippen molar-refractivity contribution in [2.24, 2.45) is 0 Å². The van der Waals surface area contributed by atoms with Crippen LogP contribution >= 0.6 is 0 Å². The largest absolute Gasteiger partial charge is 0.273 e. The molecule has 0 aromatic heterocycles. The molecule has 75 valence electrons. The first-order chi connectivity index (χ1) is 6.50. The Bertz CT molecular complexity index is 228. The molecule has 0 aromatic rings. The summed E-state index contributed by atoms with van der Waals surface area (Å²) in [5, 5.41) is 0. The minimum Gasteiger partial charge on any atom is -0.273 e. The van der Waals surface area contributed by atoms with Gasteiger partial charge in [0.15, 0.2) is 0 Å². The molecular weight excluding hydrogens is 342 g/mol. The van der Waals surface area contributed by atoms with Crippen LogP contribution in [-0.4, -0.2) is 0 Å². The Hall–Kier alpha value is -0.638. The van der Waals surface area contributed by atoms with Crippen LogP contribution in [0.25, 0.3) is 0 Å². The van der Waals surface area contributed by atoms with Gasteiger partial charge < -0.3 is 0 Å². The maximum Gasteiger partial charge on any atom is 0 e.